The normalized spacial score (nSPS) is 15.2. The van der Waals surface area contributed by atoms with Gasteiger partial charge in [0.15, 0.2) is 0 Å². The zero-order valence-electron chi connectivity index (χ0n) is 14.5. The Hall–Kier alpha value is -2.04. The van der Waals surface area contributed by atoms with Gasteiger partial charge in [-0.15, -0.1) is 0 Å². The number of anilines is 1. The maximum absolute atomic E-state index is 12.4. The summed E-state index contributed by atoms with van der Waals surface area (Å²) in [6.07, 6.45) is 1.01. The molecule has 0 spiro atoms. The number of benzene rings is 2. The molecule has 25 heavy (non-hydrogen) atoms. The van der Waals surface area contributed by atoms with E-state index in [0.29, 0.717) is 0 Å². The van der Waals surface area contributed by atoms with E-state index < -0.39 is 0 Å². The summed E-state index contributed by atoms with van der Waals surface area (Å²) in [5.74, 6) is 0. The zero-order valence-corrected chi connectivity index (χ0v) is 15.3. The van der Waals surface area contributed by atoms with Crippen molar-refractivity contribution in [1.82, 2.24) is 9.80 Å². The van der Waals surface area contributed by atoms with Gasteiger partial charge in [-0.25, -0.2) is 4.79 Å². The van der Waals surface area contributed by atoms with E-state index >= 15 is 0 Å². The van der Waals surface area contributed by atoms with Crippen molar-refractivity contribution in [3.05, 3.63) is 64.7 Å². The molecule has 4 nitrogen and oxygen atoms in total. The molecule has 1 saturated heterocycles. The van der Waals surface area contributed by atoms with Crippen molar-refractivity contribution in [3.63, 3.8) is 0 Å². The number of nitrogens with zero attached hydrogens (tertiary/aromatic N) is 2. The highest BCUT2D eigenvalue weighted by Crippen LogP contribution is 2.15. The molecule has 0 saturated carbocycles. The third kappa shape index (κ3) is 4.97. The molecule has 0 bridgehead atoms. The average Bonchev–Trinajstić information content (AvgIpc) is 2.63. The highest BCUT2D eigenvalue weighted by atomic mass is 35.5. The smallest absolute Gasteiger partial charge is 0.321 e. The first kappa shape index (κ1) is 17.8. The Labute approximate surface area is 154 Å². The Bertz CT molecular complexity index is 709. The molecular weight excluding hydrogens is 334 g/mol. The third-order valence-electron chi connectivity index (χ3n) is 4.68. The second-order valence-corrected chi connectivity index (χ2v) is 6.89. The van der Waals surface area contributed by atoms with Gasteiger partial charge in [0.1, 0.15) is 0 Å². The summed E-state index contributed by atoms with van der Waals surface area (Å²) >= 11 is 5.92. The predicted octanol–water partition coefficient (Wildman–Crippen LogP) is 4.04. The lowest BCUT2D eigenvalue weighted by molar-refractivity contribution is 0.148. The maximum Gasteiger partial charge on any atom is 0.321 e. The minimum atomic E-state index is -0.00773. The number of piperazine rings is 1. The number of carbonyl (C=O) groups is 1. The van der Waals surface area contributed by atoms with Gasteiger partial charge in [-0.1, -0.05) is 41.9 Å². The predicted molar refractivity (Wildman–Crippen MR) is 103 cm³/mol. The van der Waals surface area contributed by atoms with E-state index in [1.807, 2.05) is 48.2 Å². The quantitative estimate of drug-likeness (QED) is 0.896. The lowest BCUT2D eigenvalue weighted by atomic mass is 10.1. The molecule has 1 N–H and O–H groups in total. The summed E-state index contributed by atoms with van der Waals surface area (Å²) in [6.45, 7) is 6.36. The maximum atomic E-state index is 12.4. The molecular formula is C20H24ClN3O. The van der Waals surface area contributed by atoms with Crippen molar-refractivity contribution in [2.45, 2.75) is 13.3 Å². The number of nitrogens with one attached hydrogen (secondary N) is 1. The van der Waals surface area contributed by atoms with Crippen LogP contribution in [-0.2, 0) is 6.42 Å². The molecule has 0 aromatic heterocycles. The van der Waals surface area contributed by atoms with Gasteiger partial charge < -0.3 is 10.2 Å². The lowest BCUT2D eigenvalue weighted by Crippen LogP contribution is -2.50. The number of halogens is 1. The summed E-state index contributed by atoms with van der Waals surface area (Å²) < 4.78 is 0. The Balaban J connectivity index is 1.44. The van der Waals surface area contributed by atoms with Crippen LogP contribution in [0.4, 0.5) is 10.5 Å². The minimum Gasteiger partial charge on any atom is -0.322 e. The fourth-order valence-corrected chi connectivity index (χ4v) is 3.15. The molecule has 1 fully saturated rings. The van der Waals surface area contributed by atoms with Crippen molar-refractivity contribution in [3.8, 4) is 0 Å². The van der Waals surface area contributed by atoms with E-state index in [1.54, 1.807) is 0 Å². The second-order valence-electron chi connectivity index (χ2n) is 6.45. The second kappa shape index (κ2) is 8.37. The van der Waals surface area contributed by atoms with Crippen molar-refractivity contribution in [2.24, 2.45) is 0 Å². The first-order chi connectivity index (χ1) is 12.1. The molecule has 2 aromatic carbocycles. The SMILES string of the molecule is Cc1ccccc1NC(=O)N1CCN(CCc2ccc(Cl)cc2)CC1. The van der Waals surface area contributed by atoms with E-state index in [1.165, 1.54) is 5.56 Å². The molecule has 0 radical (unpaired) electrons. The number of hydrogen-bond donors (Lipinski definition) is 1. The van der Waals surface area contributed by atoms with Gasteiger partial charge >= 0.3 is 6.03 Å². The van der Waals surface area contributed by atoms with Gasteiger partial charge in [0.05, 0.1) is 0 Å². The van der Waals surface area contributed by atoms with E-state index in [4.69, 9.17) is 11.6 Å². The molecule has 0 atom stereocenters. The van der Waals surface area contributed by atoms with E-state index in [9.17, 15) is 4.79 Å². The molecule has 2 aromatic rings. The number of amides is 2. The molecule has 0 unspecified atom stereocenters. The van der Waals surface area contributed by atoms with Crippen LogP contribution in [0.25, 0.3) is 0 Å². The summed E-state index contributed by atoms with van der Waals surface area (Å²) in [5, 5.41) is 3.79. The zero-order chi connectivity index (χ0) is 17.6. The topological polar surface area (TPSA) is 35.6 Å². The Kier molecular flexibility index (Phi) is 5.95. The van der Waals surface area contributed by atoms with Crippen molar-refractivity contribution in [2.75, 3.05) is 38.0 Å². The van der Waals surface area contributed by atoms with E-state index in [-0.39, 0.29) is 6.03 Å². The van der Waals surface area contributed by atoms with E-state index in [2.05, 4.69) is 22.3 Å². The van der Waals surface area contributed by atoms with Gasteiger partial charge in [0.2, 0.25) is 0 Å². The lowest BCUT2D eigenvalue weighted by Gasteiger charge is -2.34. The minimum absolute atomic E-state index is 0.00773. The van der Waals surface area contributed by atoms with E-state index in [0.717, 1.165) is 55.4 Å². The summed E-state index contributed by atoms with van der Waals surface area (Å²) in [5.41, 5.74) is 3.26. The molecule has 132 valence electrons. The monoisotopic (exact) mass is 357 g/mol. The largest absolute Gasteiger partial charge is 0.322 e. The number of aryl methyl sites for hydroxylation is 1. The van der Waals surface area contributed by atoms with Crippen LogP contribution in [0.1, 0.15) is 11.1 Å². The van der Waals surface area contributed by atoms with Crippen molar-refractivity contribution >= 4 is 23.3 Å². The van der Waals surface area contributed by atoms with Crippen LogP contribution in [0.3, 0.4) is 0 Å². The Morgan fingerprint density at radius 1 is 1.04 bits per heavy atom. The fourth-order valence-electron chi connectivity index (χ4n) is 3.02. The number of urea groups is 1. The molecule has 1 aliphatic rings. The van der Waals surface area contributed by atoms with Crippen LogP contribution in [0.5, 0.6) is 0 Å². The molecule has 2 amide bonds. The molecule has 1 heterocycles. The molecule has 5 heteroatoms. The summed E-state index contributed by atoms with van der Waals surface area (Å²) in [7, 11) is 0. The van der Waals surface area contributed by atoms with Gasteiger partial charge in [-0.2, -0.15) is 0 Å². The first-order valence-corrected chi connectivity index (χ1v) is 9.08. The average molecular weight is 358 g/mol. The molecule has 0 aliphatic carbocycles. The van der Waals surface area contributed by atoms with Crippen LogP contribution in [-0.4, -0.2) is 48.6 Å². The standard InChI is InChI=1S/C20H24ClN3O/c1-16-4-2-3-5-19(16)22-20(25)24-14-12-23(13-15-24)11-10-17-6-8-18(21)9-7-17/h2-9H,10-15H2,1H3,(H,22,25). The first-order valence-electron chi connectivity index (χ1n) is 8.70. The van der Waals surface area contributed by atoms with Gasteiger partial charge in [0, 0.05) is 43.4 Å². The highest BCUT2D eigenvalue weighted by molar-refractivity contribution is 6.30. The number of rotatable bonds is 4. The Morgan fingerprint density at radius 2 is 1.72 bits per heavy atom. The highest BCUT2D eigenvalue weighted by Gasteiger charge is 2.21. The summed E-state index contributed by atoms with van der Waals surface area (Å²) in [6, 6.07) is 15.9. The van der Waals surface area contributed by atoms with Crippen LogP contribution in [0.15, 0.2) is 48.5 Å². The van der Waals surface area contributed by atoms with Crippen molar-refractivity contribution in [1.29, 1.82) is 0 Å². The van der Waals surface area contributed by atoms with Crippen LogP contribution < -0.4 is 5.32 Å². The van der Waals surface area contributed by atoms with Gasteiger partial charge in [0.25, 0.3) is 0 Å². The third-order valence-corrected chi connectivity index (χ3v) is 4.93. The van der Waals surface area contributed by atoms with Crippen LogP contribution >= 0.6 is 11.6 Å². The number of carbonyl (C=O) groups excluding carboxylic acids is 1. The molecule has 1 aliphatic heterocycles. The fraction of sp³-hybridized carbons (Fsp3) is 0.350. The van der Waals surface area contributed by atoms with Crippen LogP contribution in [0.2, 0.25) is 5.02 Å². The van der Waals surface area contributed by atoms with Gasteiger partial charge in [-0.05, 0) is 42.7 Å². The summed E-state index contributed by atoms with van der Waals surface area (Å²) in [4.78, 5) is 16.7. The van der Waals surface area contributed by atoms with Crippen molar-refractivity contribution < 1.29 is 4.79 Å². The molecule has 3 rings (SSSR count). The van der Waals surface area contributed by atoms with Gasteiger partial charge in [-0.3, -0.25) is 4.90 Å². The Morgan fingerprint density at radius 3 is 2.40 bits per heavy atom. The number of para-hydroxylation sites is 1. The van der Waals surface area contributed by atoms with Crippen LogP contribution in [0, 0.1) is 6.92 Å². The number of hydrogen-bond acceptors (Lipinski definition) is 2.